The Morgan fingerprint density at radius 2 is 1.57 bits per heavy atom. The molecule has 0 aliphatic carbocycles. The van der Waals surface area contributed by atoms with Crippen LogP contribution >= 0.6 is 0 Å². The molecule has 0 spiro atoms. The predicted molar refractivity (Wildman–Crippen MR) is 59.3 cm³/mol. The quantitative estimate of drug-likeness (QED) is 0.612. The Kier molecular flexibility index (Phi) is 8.14. The monoisotopic (exact) mass is 203 g/mol. The van der Waals surface area contributed by atoms with Gasteiger partial charge in [-0.3, -0.25) is 0 Å². The minimum atomic E-state index is -0.138. The lowest BCUT2D eigenvalue weighted by atomic mass is 9.94. The highest BCUT2D eigenvalue weighted by atomic mass is 16.7. The molecule has 0 radical (unpaired) electrons. The van der Waals surface area contributed by atoms with E-state index in [0.717, 1.165) is 12.3 Å². The highest BCUT2D eigenvalue weighted by Crippen LogP contribution is 2.17. The molecule has 1 atom stereocenters. The van der Waals surface area contributed by atoms with Crippen LogP contribution in [0.3, 0.4) is 0 Å². The van der Waals surface area contributed by atoms with Crippen molar-refractivity contribution in [1.29, 1.82) is 0 Å². The van der Waals surface area contributed by atoms with Crippen molar-refractivity contribution in [2.24, 2.45) is 5.92 Å². The fourth-order valence-electron chi connectivity index (χ4n) is 1.77. The van der Waals surface area contributed by atoms with Crippen LogP contribution in [-0.2, 0) is 9.47 Å². The van der Waals surface area contributed by atoms with E-state index in [1.54, 1.807) is 14.2 Å². The van der Waals surface area contributed by atoms with E-state index in [9.17, 15) is 0 Å². The summed E-state index contributed by atoms with van der Waals surface area (Å²) in [5, 5.41) is 3.25. The second kappa shape index (κ2) is 8.21. The van der Waals surface area contributed by atoms with Gasteiger partial charge in [0.1, 0.15) is 0 Å². The molecule has 0 aliphatic rings. The van der Waals surface area contributed by atoms with Crippen LogP contribution in [0.2, 0.25) is 0 Å². The van der Waals surface area contributed by atoms with E-state index in [1.807, 2.05) is 7.05 Å². The smallest absolute Gasteiger partial charge is 0.171 e. The summed E-state index contributed by atoms with van der Waals surface area (Å²) < 4.78 is 10.5. The Morgan fingerprint density at radius 1 is 1.07 bits per heavy atom. The molecular formula is C11H25NO2. The first-order valence-electron chi connectivity index (χ1n) is 5.46. The van der Waals surface area contributed by atoms with Gasteiger partial charge in [0.2, 0.25) is 0 Å². The van der Waals surface area contributed by atoms with E-state index >= 15 is 0 Å². The number of likely N-dealkylation sites (N-methyl/N-ethyl adjacent to an activating group) is 1. The minimum Gasteiger partial charge on any atom is -0.354 e. The summed E-state index contributed by atoms with van der Waals surface area (Å²) in [6.45, 7) is 4.46. The summed E-state index contributed by atoms with van der Waals surface area (Å²) in [7, 11) is 5.33. The van der Waals surface area contributed by atoms with Crippen LogP contribution in [0, 0.1) is 5.92 Å². The van der Waals surface area contributed by atoms with Crippen molar-refractivity contribution in [3.05, 3.63) is 0 Å². The molecule has 0 rings (SSSR count). The van der Waals surface area contributed by atoms with Crippen molar-refractivity contribution in [3.8, 4) is 0 Å². The molecule has 1 unspecified atom stereocenters. The van der Waals surface area contributed by atoms with Crippen LogP contribution in [0.25, 0.3) is 0 Å². The van der Waals surface area contributed by atoms with E-state index in [0.29, 0.717) is 0 Å². The van der Waals surface area contributed by atoms with Gasteiger partial charge in [0.15, 0.2) is 6.29 Å². The molecule has 0 aromatic heterocycles. The molecule has 0 bridgehead atoms. The fraction of sp³-hybridized carbons (Fsp3) is 1.00. The number of rotatable bonds is 8. The van der Waals surface area contributed by atoms with Crippen LogP contribution in [0.4, 0.5) is 0 Å². The van der Waals surface area contributed by atoms with Crippen molar-refractivity contribution in [2.75, 3.05) is 21.3 Å². The molecule has 86 valence electrons. The number of nitrogens with one attached hydrogen (secondary N) is 1. The largest absolute Gasteiger partial charge is 0.354 e. The van der Waals surface area contributed by atoms with Gasteiger partial charge < -0.3 is 14.8 Å². The molecule has 0 saturated carbocycles. The second-order valence-corrected chi connectivity index (χ2v) is 3.65. The zero-order chi connectivity index (χ0) is 11.0. The first-order valence-corrected chi connectivity index (χ1v) is 5.46. The summed E-state index contributed by atoms with van der Waals surface area (Å²) in [5.41, 5.74) is 0. The molecule has 0 saturated heterocycles. The molecule has 0 aliphatic heterocycles. The van der Waals surface area contributed by atoms with Crippen LogP contribution in [0.15, 0.2) is 0 Å². The van der Waals surface area contributed by atoms with Gasteiger partial charge in [0, 0.05) is 14.2 Å². The predicted octanol–water partition coefficient (Wildman–Crippen LogP) is 2.02. The van der Waals surface area contributed by atoms with Crippen LogP contribution < -0.4 is 5.32 Å². The zero-order valence-corrected chi connectivity index (χ0v) is 10.2. The lowest BCUT2D eigenvalue weighted by molar-refractivity contribution is -0.125. The second-order valence-electron chi connectivity index (χ2n) is 3.65. The van der Waals surface area contributed by atoms with Crippen LogP contribution in [-0.4, -0.2) is 33.6 Å². The Labute approximate surface area is 88.2 Å². The highest BCUT2D eigenvalue weighted by Gasteiger charge is 2.21. The van der Waals surface area contributed by atoms with Gasteiger partial charge in [-0.2, -0.15) is 0 Å². The van der Waals surface area contributed by atoms with Crippen molar-refractivity contribution in [1.82, 2.24) is 5.32 Å². The molecule has 0 fully saturated rings. The van der Waals surface area contributed by atoms with Crippen molar-refractivity contribution < 1.29 is 9.47 Å². The number of hydrogen-bond donors (Lipinski definition) is 1. The normalized spacial score (nSPS) is 13.9. The number of ether oxygens (including phenoxy) is 2. The summed E-state index contributed by atoms with van der Waals surface area (Å²) in [6.07, 6.45) is 3.40. The first-order chi connectivity index (χ1) is 6.73. The highest BCUT2D eigenvalue weighted by molar-refractivity contribution is 4.72. The lowest BCUT2D eigenvalue weighted by Gasteiger charge is -2.27. The average molecular weight is 203 g/mol. The molecule has 1 N–H and O–H groups in total. The van der Waals surface area contributed by atoms with Gasteiger partial charge in [0.25, 0.3) is 0 Å². The molecule has 14 heavy (non-hydrogen) atoms. The van der Waals surface area contributed by atoms with Crippen molar-refractivity contribution in [2.45, 2.75) is 45.4 Å². The van der Waals surface area contributed by atoms with Crippen molar-refractivity contribution >= 4 is 0 Å². The molecular weight excluding hydrogens is 178 g/mol. The molecule has 3 heteroatoms. The van der Waals surface area contributed by atoms with Gasteiger partial charge >= 0.3 is 0 Å². The van der Waals surface area contributed by atoms with Gasteiger partial charge in [-0.1, -0.05) is 26.7 Å². The summed E-state index contributed by atoms with van der Waals surface area (Å²) in [6, 6.07) is 0.287. The number of hydrogen-bond acceptors (Lipinski definition) is 3. The molecule has 3 nitrogen and oxygen atoms in total. The third-order valence-corrected chi connectivity index (χ3v) is 2.91. The van der Waals surface area contributed by atoms with E-state index < -0.39 is 0 Å². The van der Waals surface area contributed by atoms with Gasteiger partial charge in [-0.15, -0.1) is 0 Å². The Bertz CT molecular complexity index is 122. The maximum absolute atomic E-state index is 5.26. The zero-order valence-electron chi connectivity index (χ0n) is 10.2. The van der Waals surface area contributed by atoms with E-state index in [4.69, 9.17) is 9.47 Å². The van der Waals surface area contributed by atoms with Gasteiger partial charge in [0.05, 0.1) is 6.04 Å². The summed E-state index contributed by atoms with van der Waals surface area (Å²) in [5.74, 6) is 0.750. The molecule has 0 heterocycles. The topological polar surface area (TPSA) is 30.5 Å². The lowest BCUT2D eigenvalue weighted by Crippen LogP contribution is -2.41. The van der Waals surface area contributed by atoms with Crippen LogP contribution in [0.5, 0.6) is 0 Å². The van der Waals surface area contributed by atoms with E-state index in [1.165, 1.54) is 12.8 Å². The Morgan fingerprint density at radius 3 is 1.86 bits per heavy atom. The summed E-state index contributed by atoms with van der Waals surface area (Å²) >= 11 is 0. The van der Waals surface area contributed by atoms with E-state index in [-0.39, 0.29) is 12.3 Å². The third kappa shape index (κ3) is 4.40. The summed E-state index contributed by atoms with van der Waals surface area (Å²) in [4.78, 5) is 0. The molecule has 0 aromatic carbocycles. The van der Waals surface area contributed by atoms with Crippen LogP contribution in [0.1, 0.15) is 33.1 Å². The first kappa shape index (κ1) is 13.9. The SMILES string of the molecule is CCC(CC)CC(NC)C(OC)OC. The molecule has 0 aromatic rings. The van der Waals surface area contributed by atoms with Gasteiger partial charge in [-0.25, -0.2) is 0 Å². The maximum Gasteiger partial charge on any atom is 0.171 e. The van der Waals surface area contributed by atoms with Crippen molar-refractivity contribution in [3.63, 3.8) is 0 Å². The standard InChI is InChI=1S/C11H25NO2/c1-6-9(7-2)8-10(12-3)11(13-4)14-5/h9-12H,6-8H2,1-5H3. The fourth-order valence-corrected chi connectivity index (χ4v) is 1.77. The molecule has 0 amide bonds. The average Bonchev–Trinajstić information content (AvgIpc) is 2.24. The minimum absolute atomic E-state index is 0.138. The number of methoxy groups -OCH3 is 2. The van der Waals surface area contributed by atoms with Gasteiger partial charge in [-0.05, 0) is 19.4 Å². The Balaban J connectivity index is 4.10. The third-order valence-electron chi connectivity index (χ3n) is 2.91. The van der Waals surface area contributed by atoms with E-state index in [2.05, 4.69) is 19.2 Å². The maximum atomic E-state index is 5.26. The Hall–Kier alpha value is -0.120.